The van der Waals surface area contributed by atoms with Crippen LogP contribution >= 0.6 is 11.6 Å². The number of piperidine rings is 1. The highest BCUT2D eigenvalue weighted by Crippen LogP contribution is 2.61. The fourth-order valence-electron chi connectivity index (χ4n) is 3.98. The van der Waals surface area contributed by atoms with E-state index in [-0.39, 0.29) is 0 Å². The van der Waals surface area contributed by atoms with E-state index in [1.807, 2.05) is 0 Å². The van der Waals surface area contributed by atoms with E-state index in [4.69, 9.17) is 17.3 Å². The van der Waals surface area contributed by atoms with Crippen molar-refractivity contribution in [2.24, 2.45) is 23.0 Å². The number of halogens is 1. The van der Waals surface area contributed by atoms with Crippen LogP contribution in [0.4, 0.5) is 0 Å². The van der Waals surface area contributed by atoms with Crippen molar-refractivity contribution in [3.63, 3.8) is 0 Å². The lowest BCUT2D eigenvalue weighted by Gasteiger charge is -2.35. The standard InChI is InChI=1S/C16H25ClN4/c1-16(8-13(16)2-5-18)12-3-6-21(7-4-12)11-15-19-9-14(17)10-20-15/h9-10,12-13H,2-8,11,18H2,1H3/t13-,16?/m1/s1. The Bertz CT molecular complexity index is 470. The van der Waals surface area contributed by atoms with Crippen LogP contribution in [0.25, 0.3) is 0 Å². The summed E-state index contributed by atoms with van der Waals surface area (Å²) < 4.78 is 0. The van der Waals surface area contributed by atoms with Gasteiger partial charge in [-0.15, -0.1) is 0 Å². The number of hydrogen-bond acceptors (Lipinski definition) is 4. The molecule has 1 aromatic rings. The van der Waals surface area contributed by atoms with Crippen LogP contribution in [0, 0.1) is 17.3 Å². The highest BCUT2D eigenvalue weighted by atomic mass is 35.5. The van der Waals surface area contributed by atoms with E-state index in [9.17, 15) is 0 Å². The molecule has 1 aliphatic heterocycles. The normalized spacial score (nSPS) is 30.5. The third-order valence-corrected chi connectivity index (χ3v) is 5.73. The summed E-state index contributed by atoms with van der Waals surface area (Å²) in [6.45, 7) is 6.46. The molecule has 2 fully saturated rings. The van der Waals surface area contributed by atoms with Crippen molar-refractivity contribution >= 4 is 11.6 Å². The molecule has 2 aliphatic rings. The summed E-state index contributed by atoms with van der Waals surface area (Å²) >= 11 is 5.82. The van der Waals surface area contributed by atoms with E-state index in [2.05, 4.69) is 21.8 Å². The lowest BCUT2D eigenvalue weighted by atomic mass is 9.81. The summed E-state index contributed by atoms with van der Waals surface area (Å²) in [5.74, 6) is 2.62. The maximum atomic E-state index is 5.82. The summed E-state index contributed by atoms with van der Waals surface area (Å²) in [5.41, 5.74) is 6.28. The molecule has 21 heavy (non-hydrogen) atoms. The fraction of sp³-hybridized carbons (Fsp3) is 0.750. The van der Waals surface area contributed by atoms with Crippen LogP contribution in [-0.4, -0.2) is 34.5 Å². The van der Waals surface area contributed by atoms with Crippen molar-refractivity contribution in [2.45, 2.75) is 39.2 Å². The van der Waals surface area contributed by atoms with Gasteiger partial charge in [-0.25, -0.2) is 9.97 Å². The first kappa shape index (κ1) is 15.2. The van der Waals surface area contributed by atoms with Gasteiger partial charge in [0.2, 0.25) is 0 Å². The molecule has 0 radical (unpaired) electrons. The van der Waals surface area contributed by atoms with E-state index in [1.165, 1.54) is 25.7 Å². The maximum absolute atomic E-state index is 5.82. The van der Waals surface area contributed by atoms with E-state index in [1.54, 1.807) is 12.4 Å². The monoisotopic (exact) mass is 308 g/mol. The predicted molar refractivity (Wildman–Crippen MR) is 84.9 cm³/mol. The van der Waals surface area contributed by atoms with Crippen LogP contribution in [0.1, 0.15) is 38.4 Å². The molecule has 1 saturated heterocycles. The first-order valence-corrected chi connectivity index (χ1v) is 8.38. The Morgan fingerprint density at radius 2 is 2.00 bits per heavy atom. The van der Waals surface area contributed by atoms with Crippen molar-refractivity contribution in [1.29, 1.82) is 0 Å². The van der Waals surface area contributed by atoms with Gasteiger partial charge in [0.15, 0.2) is 0 Å². The lowest BCUT2D eigenvalue weighted by Crippen LogP contribution is -2.36. The minimum Gasteiger partial charge on any atom is -0.330 e. The van der Waals surface area contributed by atoms with Gasteiger partial charge in [0.1, 0.15) is 5.82 Å². The second-order valence-corrected chi connectivity index (χ2v) is 7.29. The molecule has 0 bridgehead atoms. The first-order chi connectivity index (χ1) is 10.1. The fourth-order valence-corrected chi connectivity index (χ4v) is 4.07. The van der Waals surface area contributed by atoms with Gasteiger partial charge in [-0.3, -0.25) is 4.90 Å². The molecule has 2 N–H and O–H groups in total. The number of nitrogens with two attached hydrogens (primary N) is 1. The summed E-state index contributed by atoms with van der Waals surface area (Å²) in [5, 5.41) is 0.602. The van der Waals surface area contributed by atoms with Crippen molar-refractivity contribution in [3.8, 4) is 0 Å². The zero-order valence-corrected chi connectivity index (χ0v) is 13.5. The average molecular weight is 309 g/mol. The third kappa shape index (κ3) is 3.38. The number of nitrogens with zero attached hydrogens (tertiary/aromatic N) is 3. The van der Waals surface area contributed by atoms with Gasteiger partial charge >= 0.3 is 0 Å². The highest BCUT2D eigenvalue weighted by molar-refractivity contribution is 6.30. The second kappa shape index (κ2) is 6.19. The van der Waals surface area contributed by atoms with Crippen LogP contribution in [0.5, 0.6) is 0 Å². The molecule has 116 valence electrons. The Morgan fingerprint density at radius 1 is 1.33 bits per heavy atom. The molecule has 2 heterocycles. The zero-order chi connectivity index (χ0) is 14.9. The Kier molecular flexibility index (Phi) is 4.48. The molecule has 1 unspecified atom stereocenters. The number of hydrogen-bond donors (Lipinski definition) is 1. The molecule has 1 aromatic heterocycles. The van der Waals surface area contributed by atoms with Gasteiger partial charge < -0.3 is 5.73 Å². The number of aromatic nitrogens is 2. The van der Waals surface area contributed by atoms with Crippen LogP contribution in [0.3, 0.4) is 0 Å². The molecule has 1 aliphatic carbocycles. The van der Waals surface area contributed by atoms with E-state index >= 15 is 0 Å². The van der Waals surface area contributed by atoms with Crippen molar-refractivity contribution in [2.75, 3.05) is 19.6 Å². The van der Waals surface area contributed by atoms with Gasteiger partial charge in [-0.2, -0.15) is 0 Å². The van der Waals surface area contributed by atoms with Crippen LogP contribution in [-0.2, 0) is 6.54 Å². The minimum atomic E-state index is 0.572. The molecule has 3 rings (SSSR count). The summed E-state index contributed by atoms with van der Waals surface area (Å²) in [4.78, 5) is 11.0. The number of likely N-dealkylation sites (tertiary alicyclic amines) is 1. The van der Waals surface area contributed by atoms with Crippen LogP contribution < -0.4 is 5.73 Å². The molecule has 5 heteroatoms. The SMILES string of the molecule is CC1(C2CCN(Cc3ncc(Cl)cn3)CC2)C[C@H]1CCN. The van der Waals surface area contributed by atoms with Crippen molar-refractivity contribution in [3.05, 3.63) is 23.2 Å². The van der Waals surface area contributed by atoms with Crippen LogP contribution in [0.2, 0.25) is 5.02 Å². The van der Waals surface area contributed by atoms with Gasteiger partial charge in [0.25, 0.3) is 0 Å². The predicted octanol–water partition coefficient (Wildman–Crippen LogP) is 2.72. The zero-order valence-electron chi connectivity index (χ0n) is 12.8. The van der Waals surface area contributed by atoms with Gasteiger partial charge in [-0.05, 0) is 62.6 Å². The summed E-state index contributed by atoms with van der Waals surface area (Å²) in [6.07, 6.45) is 8.54. The Balaban J connectivity index is 1.48. The van der Waals surface area contributed by atoms with E-state index in [0.717, 1.165) is 43.8 Å². The van der Waals surface area contributed by atoms with Gasteiger partial charge in [0.05, 0.1) is 11.6 Å². The molecular formula is C16H25ClN4. The van der Waals surface area contributed by atoms with Crippen LogP contribution in [0.15, 0.2) is 12.4 Å². The molecular weight excluding hydrogens is 284 g/mol. The molecule has 0 aromatic carbocycles. The molecule has 4 nitrogen and oxygen atoms in total. The summed E-state index contributed by atoms with van der Waals surface area (Å²) in [6, 6.07) is 0. The van der Waals surface area contributed by atoms with Gasteiger partial charge in [0, 0.05) is 12.4 Å². The molecule has 2 atom stereocenters. The smallest absolute Gasteiger partial charge is 0.142 e. The van der Waals surface area contributed by atoms with Crippen molar-refractivity contribution in [1.82, 2.24) is 14.9 Å². The second-order valence-electron chi connectivity index (χ2n) is 6.85. The Morgan fingerprint density at radius 3 is 2.62 bits per heavy atom. The third-order valence-electron chi connectivity index (χ3n) is 5.53. The maximum Gasteiger partial charge on any atom is 0.142 e. The van der Waals surface area contributed by atoms with Crippen molar-refractivity contribution < 1.29 is 0 Å². The summed E-state index contributed by atoms with van der Waals surface area (Å²) in [7, 11) is 0. The number of rotatable bonds is 5. The molecule has 0 spiro atoms. The highest BCUT2D eigenvalue weighted by Gasteiger charge is 2.54. The Hall–Kier alpha value is -0.710. The van der Waals surface area contributed by atoms with E-state index in [0.29, 0.717) is 10.4 Å². The largest absolute Gasteiger partial charge is 0.330 e. The minimum absolute atomic E-state index is 0.572. The van der Waals surface area contributed by atoms with E-state index < -0.39 is 0 Å². The first-order valence-electron chi connectivity index (χ1n) is 8.00. The molecule has 1 saturated carbocycles. The lowest BCUT2D eigenvalue weighted by molar-refractivity contribution is 0.128. The quantitative estimate of drug-likeness (QED) is 0.908. The molecule has 0 amide bonds. The topological polar surface area (TPSA) is 55.0 Å². The van der Waals surface area contributed by atoms with Gasteiger partial charge in [-0.1, -0.05) is 18.5 Å². The average Bonchev–Trinajstić information content (AvgIpc) is 3.14. The Labute approximate surface area is 132 Å².